The maximum Gasteiger partial charge on any atom is 0.223 e. The van der Waals surface area contributed by atoms with Crippen LogP contribution in [0.1, 0.15) is 32.8 Å². The van der Waals surface area contributed by atoms with Crippen LogP contribution in [0.4, 0.5) is 0 Å². The molecule has 0 aliphatic heterocycles. The lowest BCUT2D eigenvalue weighted by molar-refractivity contribution is -0.122. The van der Waals surface area contributed by atoms with Crippen molar-refractivity contribution in [1.82, 2.24) is 5.32 Å². The number of nitrogens with one attached hydrogen (secondary N) is 1. The molecule has 5 nitrogen and oxygen atoms in total. The molecule has 0 aromatic heterocycles. The summed E-state index contributed by atoms with van der Waals surface area (Å²) in [4.78, 5) is 11.1. The molecule has 118 valence electrons. The van der Waals surface area contributed by atoms with Crippen LogP contribution in [0, 0.1) is 5.92 Å². The van der Waals surface area contributed by atoms with Crippen LogP contribution in [0.25, 0.3) is 0 Å². The Morgan fingerprint density at radius 1 is 1.33 bits per heavy atom. The lowest BCUT2D eigenvalue weighted by Crippen LogP contribution is -2.26. The van der Waals surface area contributed by atoms with Crippen molar-refractivity contribution in [2.24, 2.45) is 11.7 Å². The van der Waals surface area contributed by atoms with Crippen LogP contribution in [0.2, 0.25) is 0 Å². The first-order valence-corrected chi connectivity index (χ1v) is 7.47. The predicted octanol–water partition coefficient (Wildman–Crippen LogP) is 2.09. The van der Waals surface area contributed by atoms with Crippen LogP contribution in [-0.4, -0.2) is 25.7 Å². The summed E-state index contributed by atoms with van der Waals surface area (Å²) in [5.74, 6) is 0.687. The molecule has 3 N–H and O–H groups in total. The van der Waals surface area contributed by atoms with Gasteiger partial charge in [-0.05, 0) is 26.0 Å². The zero-order valence-corrected chi connectivity index (χ0v) is 13.1. The fourth-order valence-corrected chi connectivity index (χ4v) is 1.82. The van der Waals surface area contributed by atoms with E-state index < -0.39 is 0 Å². The summed E-state index contributed by atoms with van der Waals surface area (Å²) in [6, 6.07) is 5.81. The third-order valence-corrected chi connectivity index (χ3v) is 3.07. The molecular formula is C16H26N2O3. The molecule has 0 bridgehead atoms. The van der Waals surface area contributed by atoms with Crippen molar-refractivity contribution >= 4 is 5.91 Å². The first-order chi connectivity index (χ1) is 10.1. The van der Waals surface area contributed by atoms with Gasteiger partial charge in [-0.2, -0.15) is 0 Å². The number of hydrogen-bond donors (Lipinski definition) is 2. The Bertz CT molecular complexity index is 449. The zero-order chi connectivity index (χ0) is 15.7. The summed E-state index contributed by atoms with van der Waals surface area (Å²) in [6.45, 7) is 8.26. The summed E-state index contributed by atoms with van der Waals surface area (Å²) in [5.41, 5.74) is 6.29. The second kappa shape index (κ2) is 9.23. The maximum atomic E-state index is 11.1. The fourth-order valence-electron chi connectivity index (χ4n) is 1.82. The van der Waals surface area contributed by atoms with Crippen molar-refractivity contribution in [3.05, 3.63) is 23.8 Å². The molecule has 0 radical (unpaired) electrons. The molecule has 0 saturated heterocycles. The van der Waals surface area contributed by atoms with Gasteiger partial charge in [0, 0.05) is 12.1 Å². The third kappa shape index (κ3) is 5.63. The van der Waals surface area contributed by atoms with Crippen molar-refractivity contribution in [3.8, 4) is 11.5 Å². The summed E-state index contributed by atoms with van der Waals surface area (Å²) in [7, 11) is 0. The molecule has 0 saturated carbocycles. The van der Waals surface area contributed by atoms with E-state index in [1.807, 2.05) is 25.1 Å². The number of nitrogens with two attached hydrogens (primary N) is 1. The van der Waals surface area contributed by atoms with Crippen LogP contribution in [0.3, 0.4) is 0 Å². The molecule has 0 aliphatic carbocycles. The topological polar surface area (TPSA) is 73.6 Å². The molecule has 0 heterocycles. The Hall–Kier alpha value is -1.75. The van der Waals surface area contributed by atoms with E-state index in [-0.39, 0.29) is 18.4 Å². The number of ether oxygens (including phenoxy) is 2. The van der Waals surface area contributed by atoms with Crippen molar-refractivity contribution in [2.75, 3.05) is 19.8 Å². The molecule has 1 amide bonds. The highest BCUT2D eigenvalue weighted by Gasteiger charge is 2.15. The molecular weight excluding hydrogens is 268 g/mol. The number of primary amides is 1. The average Bonchev–Trinajstić information content (AvgIpc) is 2.46. The van der Waals surface area contributed by atoms with Crippen LogP contribution in [0.5, 0.6) is 11.5 Å². The normalized spacial score (nSPS) is 12.0. The lowest BCUT2D eigenvalue weighted by atomic mass is 10.1. The van der Waals surface area contributed by atoms with Gasteiger partial charge >= 0.3 is 0 Å². The predicted molar refractivity (Wildman–Crippen MR) is 83.5 cm³/mol. The largest absolute Gasteiger partial charge is 0.490 e. The van der Waals surface area contributed by atoms with E-state index in [9.17, 15) is 4.79 Å². The summed E-state index contributed by atoms with van der Waals surface area (Å²) in [5, 5.41) is 3.34. The van der Waals surface area contributed by atoms with Gasteiger partial charge in [0.25, 0.3) is 0 Å². The third-order valence-electron chi connectivity index (χ3n) is 3.07. The van der Waals surface area contributed by atoms with Gasteiger partial charge in [-0.15, -0.1) is 0 Å². The van der Waals surface area contributed by atoms with E-state index in [1.54, 1.807) is 6.92 Å². The van der Waals surface area contributed by atoms with E-state index in [0.29, 0.717) is 24.7 Å². The van der Waals surface area contributed by atoms with Crippen LogP contribution in [0.15, 0.2) is 18.2 Å². The molecule has 0 fully saturated rings. The van der Waals surface area contributed by atoms with Crippen LogP contribution < -0.4 is 20.5 Å². The van der Waals surface area contributed by atoms with Crippen molar-refractivity contribution in [1.29, 1.82) is 0 Å². The average molecular weight is 294 g/mol. The van der Waals surface area contributed by atoms with Gasteiger partial charge in [0.15, 0.2) is 11.5 Å². The van der Waals surface area contributed by atoms with Crippen molar-refractivity contribution in [3.63, 3.8) is 0 Å². The minimum absolute atomic E-state index is 0.250. The smallest absolute Gasteiger partial charge is 0.223 e. The minimum atomic E-state index is -0.366. The number of benzene rings is 1. The van der Waals surface area contributed by atoms with Gasteiger partial charge in [-0.25, -0.2) is 0 Å². The highest BCUT2D eigenvalue weighted by Crippen LogP contribution is 2.31. The SMILES string of the molecule is CCCNCc1cccc(OCC)c1OCC(C)C(N)=O. The molecule has 1 aromatic rings. The fraction of sp³-hybridized carbons (Fsp3) is 0.562. The van der Waals surface area contributed by atoms with E-state index in [1.165, 1.54) is 0 Å². The summed E-state index contributed by atoms with van der Waals surface area (Å²) < 4.78 is 11.4. The molecule has 1 aromatic carbocycles. The molecule has 0 aliphatic rings. The van der Waals surface area contributed by atoms with Crippen molar-refractivity contribution in [2.45, 2.75) is 33.7 Å². The van der Waals surface area contributed by atoms with E-state index in [2.05, 4.69) is 12.2 Å². The van der Waals surface area contributed by atoms with Gasteiger partial charge < -0.3 is 20.5 Å². The quantitative estimate of drug-likeness (QED) is 0.648. The van der Waals surface area contributed by atoms with Gasteiger partial charge in [0.1, 0.15) is 0 Å². The second-order valence-electron chi connectivity index (χ2n) is 4.97. The number of carbonyl (C=O) groups is 1. The summed E-state index contributed by atoms with van der Waals surface area (Å²) >= 11 is 0. The Balaban J connectivity index is 2.85. The molecule has 1 atom stereocenters. The Kier molecular flexibility index (Phi) is 7.61. The highest BCUT2D eigenvalue weighted by atomic mass is 16.5. The van der Waals surface area contributed by atoms with E-state index in [4.69, 9.17) is 15.2 Å². The van der Waals surface area contributed by atoms with Crippen LogP contribution >= 0.6 is 0 Å². The maximum absolute atomic E-state index is 11.1. The van der Waals surface area contributed by atoms with Gasteiger partial charge in [0.2, 0.25) is 5.91 Å². The van der Waals surface area contributed by atoms with E-state index >= 15 is 0 Å². The number of hydrogen-bond acceptors (Lipinski definition) is 4. The second-order valence-corrected chi connectivity index (χ2v) is 4.97. The first kappa shape index (κ1) is 17.3. The lowest BCUT2D eigenvalue weighted by Gasteiger charge is -2.17. The Morgan fingerprint density at radius 2 is 2.10 bits per heavy atom. The molecule has 1 unspecified atom stereocenters. The Morgan fingerprint density at radius 3 is 2.71 bits per heavy atom. The molecule has 5 heteroatoms. The molecule has 1 rings (SSSR count). The molecule has 0 spiro atoms. The minimum Gasteiger partial charge on any atom is -0.490 e. The van der Waals surface area contributed by atoms with Crippen molar-refractivity contribution < 1.29 is 14.3 Å². The number of carbonyl (C=O) groups excluding carboxylic acids is 1. The summed E-state index contributed by atoms with van der Waals surface area (Å²) in [6.07, 6.45) is 1.07. The number of para-hydroxylation sites is 1. The monoisotopic (exact) mass is 294 g/mol. The Labute approximate surface area is 126 Å². The van der Waals surface area contributed by atoms with Gasteiger partial charge in [0.05, 0.1) is 19.1 Å². The standard InChI is InChI=1S/C16H26N2O3/c1-4-9-18-10-13-7-6-8-14(20-5-2)15(13)21-11-12(3)16(17)19/h6-8,12,18H,4-5,9-11H2,1-3H3,(H2,17,19). The van der Waals surface area contributed by atoms with Gasteiger partial charge in [-0.1, -0.05) is 26.0 Å². The molecule has 21 heavy (non-hydrogen) atoms. The number of amides is 1. The van der Waals surface area contributed by atoms with Crippen LogP contribution in [-0.2, 0) is 11.3 Å². The van der Waals surface area contributed by atoms with Gasteiger partial charge in [-0.3, -0.25) is 4.79 Å². The van der Waals surface area contributed by atoms with E-state index in [0.717, 1.165) is 18.5 Å². The first-order valence-electron chi connectivity index (χ1n) is 7.47. The zero-order valence-electron chi connectivity index (χ0n) is 13.1. The highest BCUT2D eigenvalue weighted by molar-refractivity contribution is 5.76. The number of rotatable bonds is 10.